The van der Waals surface area contributed by atoms with Crippen LogP contribution in [0, 0.1) is 5.92 Å². The summed E-state index contributed by atoms with van der Waals surface area (Å²) in [6.07, 6.45) is -3.98. The number of hydrogen-bond donors (Lipinski definition) is 0. The highest BCUT2D eigenvalue weighted by Gasteiger charge is 2.47. The quantitative estimate of drug-likeness (QED) is 0.576. The fraction of sp³-hybridized carbons (Fsp3) is 1.00. The number of hydrogen-bond acceptors (Lipinski definition) is 1. The Kier molecular flexibility index (Phi) is 2.14. The molecule has 0 amide bonds. The van der Waals surface area contributed by atoms with Gasteiger partial charge in [0, 0.05) is 19.1 Å². The SMILES string of the molecule is CC(C)N1CC(C(F)(F)F)C1. The maximum Gasteiger partial charge on any atom is 0.394 e. The normalized spacial score (nSPS) is 22.4. The van der Waals surface area contributed by atoms with Gasteiger partial charge in [-0.3, -0.25) is 4.90 Å². The Hall–Kier alpha value is -0.250. The van der Waals surface area contributed by atoms with Crippen molar-refractivity contribution in [2.45, 2.75) is 26.1 Å². The van der Waals surface area contributed by atoms with Crippen molar-refractivity contribution in [3.63, 3.8) is 0 Å². The van der Waals surface area contributed by atoms with Gasteiger partial charge in [-0.25, -0.2) is 0 Å². The van der Waals surface area contributed by atoms with Crippen LogP contribution in [0.1, 0.15) is 13.8 Å². The van der Waals surface area contributed by atoms with Crippen molar-refractivity contribution >= 4 is 0 Å². The molecule has 1 saturated heterocycles. The van der Waals surface area contributed by atoms with Crippen LogP contribution in [0.25, 0.3) is 0 Å². The third-order valence-corrected chi connectivity index (χ3v) is 2.10. The third-order valence-electron chi connectivity index (χ3n) is 2.10. The summed E-state index contributed by atoms with van der Waals surface area (Å²) < 4.78 is 35.7. The summed E-state index contributed by atoms with van der Waals surface area (Å²) >= 11 is 0. The maximum absolute atomic E-state index is 11.9. The van der Waals surface area contributed by atoms with Crippen LogP contribution in [0.3, 0.4) is 0 Å². The minimum absolute atomic E-state index is 0.182. The fourth-order valence-corrected chi connectivity index (χ4v) is 1.14. The molecule has 0 aromatic carbocycles. The van der Waals surface area contributed by atoms with Gasteiger partial charge in [-0.2, -0.15) is 13.2 Å². The molecule has 1 heterocycles. The molecule has 0 atom stereocenters. The maximum atomic E-state index is 11.9. The predicted molar refractivity (Wildman–Crippen MR) is 36.3 cm³/mol. The van der Waals surface area contributed by atoms with Crippen molar-refractivity contribution in [1.82, 2.24) is 4.90 Å². The standard InChI is InChI=1S/C7H12F3N/c1-5(2)11-3-6(4-11)7(8,9)10/h5-6H,3-4H2,1-2H3. The van der Waals surface area contributed by atoms with Crippen LogP contribution in [0.5, 0.6) is 0 Å². The van der Waals surface area contributed by atoms with Gasteiger partial charge >= 0.3 is 6.18 Å². The number of alkyl halides is 3. The first-order valence-corrected chi connectivity index (χ1v) is 3.72. The van der Waals surface area contributed by atoms with E-state index in [1.807, 2.05) is 18.7 Å². The fourth-order valence-electron chi connectivity index (χ4n) is 1.14. The van der Waals surface area contributed by atoms with Crippen LogP contribution in [0.15, 0.2) is 0 Å². The average molecular weight is 167 g/mol. The number of nitrogens with zero attached hydrogens (tertiary/aromatic N) is 1. The van der Waals surface area contributed by atoms with Crippen molar-refractivity contribution in [3.05, 3.63) is 0 Å². The smallest absolute Gasteiger partial charge is 0.300 e. The Bertz CT molecular complexity index is 135. The molecule has 0 bridgehead atoms. The molecular weight excluding hydrogens is 155 g/mol. The highest BCUT2D eigenvalue weighted by atomic mass is 19.4. The van der Waals surface area contributed by atoms with E-state index in [0.717, 1.165) is 0 Å². The second kappa shape index (κ2) is 2.66. The van der Waals surface area contributed by atoms with Crippen molar-refractivity contribution in [1.29, 1.82) is 0 Å². The second-order valence-corrected chi connectivity index (χ2v) is 3.29. The Morgan fingerprint density at radius 3 is 2.00 bits per heavy atom. The first-order chi connectivity index (χ1) is 4.91. The molecule has 1 nitrogen and oxygen atoms in total. The predicted octanol–water partition coefficient (Wildman–Crippen LogP) is 1.89. The first-order valence-electron chi connectivity index (χ1n) is 3.72. The Labute approximate surface area is 64.2 Å². The zero-order valence-corrected chi connectivity index (χ0v) is 6.65. The molecule has 1 aliphatic heterocycles. The van der Waals surface area contributed by atoms with E-state index in [-0.39, 0.29) is 19.1 Å². The molecule has 1 aliphatic rings. The molecule has 1 rings (SSSR count). The molecule has 0 spiro atoms. The lowest BCUT2D eigenvalue weighted by Gasteiger charge is -2.42. The molecule has 66 valence electrons. The van der Waals surface area contributed by atoms with Crippen LogP contribution in [-0.4, -0.2) is 30.2 Å². The Balaban J connectivity index is 2.30. The van der Waals surface area contributed by atoms with Crippen molar-refractivity contribution in [2.75, 3.05) is 13.1 Å². The van der Waals surface area contributed by atoms with E-state index < -0.39 is 12.1 Å². The first kappa shape index (κ1) is 8.84. The lowest BCUT2D eigenvalue weighted by molar-refractivity contribution is -0.212. The van der Waals surface area contributed by atoms with Crippen molar-refractivity contribution < 1.29 is 13.2 Å². The highest BCUT2D eigenvalue weighted by molar-refractivity contribution is 4.86. The van der Waals surface area contributed by atoms with Gasteiger partial charge in [-0.15, -0.1) is 0 Å². The average Bonchev–Trinajstić information content (AvgIpc) is 1.51. The topological polar surface area (TPSA) is 3.24 Å². The lowest BCUT2D eigenvalue weighted by atomic mass is 9.98. The minimum atomic E-state index is -3.98. The zero-order chi connectivity index (χ0) is 8.65. The summed E-state index contributed by atoms with van der Waals surface area (Å²) in [7, 11) is 0. The van der Waals surface area contributed by atoms with Crippen LogP contribution in [0.2, 0.25) is 0 Å². The molecule has 0 aliphatic carbocycles. The van der Waals surface area contributed by atoms with E-state index >= 15 is 0 Å². The van der Waals surface area contributed by atoms with E-state index in [1.54, 1.807) is 0 Å². The zero-order valence-electron chi connectivity index (χ0n) is 6.65. The van der Waals surface area contributed by atoms with E-state index in [1.165, 1.54) is 0 Å². The van der Waals surface area contributed by atoms with E-state index in [9.17, 15) is 13.2 Å². The van der Waals surface area contributed by atoms with Crippen LogP contribution < -0.4 is 0 Å². The summed E-state index contributed by atoms with van der Waals surface area (Å²) in [5.74, 6) is -1.08. The molecular formula is C7H12F3N. The highest BCUT2D eigenvalue weighted by Crippen LogP contribution is 2.34. The van der Waals surface area contributed by atoms with Crippen molar-refractivity contribution in [2.24, 2.45) is 5.92 Å². The lowest BCUT2D eigenvalue weighted by Crippen LogP contribution is -2.55. The summed E-state index contributed by atoms with van der Waals surface area (Å²) in [4.78, 5) is 1.82. The van der Waals surface area contributed by atoms with Gasteiger partial charge in [0.25, 0.3) is 0 Å². The Morgan fingerprint density at radius 1 is 1.27 bits per heavy atom. The van der Waals surface area contributed by atoms with Gasteiger partial charge in [0.05, 0.1) is 5.92 Å². The van der Waals surface area contributed by atoms with Crippen LogP contribution in [-0.2, 0) is 0 Å². The van der Waals surface area contributed by atoms with E-state index in [0.29, 0.717) is 0 Å². The molecule has 0 unspecified atom stereocenters. The molecule has 0 aromatic rings. The van der Waals surface area contributed by atoms with Gasteiger partial charge in [0.2, 0.25) is 0 Å². The summed E-state index contributed by atoms with van der Waals surface area (Å²) in [6.45, 7) is 4.18. The van der Waals surface area contributed by atoms with E-state index in [4.69, 9.17) is 0 Å². The van der Waals surface area contributed by atoms with Crippen LogP contribution in [0.4, 0.5) is 13.2 Å². The summed E-state index contributed by atoms with van der Waals surface area (Å²) in [5, 5.41) is 0. The third kappa shape index (κ3) is 1.86. The monoisotopic (exact) mass is 167 g/mol. The molecule has 4 heteroatoms. The van der Waals surface area contributed by atoms with Gasteiger partial charge < -0.3 is 0 Å². The van der Waals surface area contributed by atoms with Gasteiger partial charge in [-0.05, 0) is 13.8 Å². The van der Waals surface area contributed by atoms with E-state index in [2.05, 4.69) is 0 Å². The molecule has 0 aromatic heterocycles. The molecule has 11 heavy (non-hydrogen) atoms. The van der Waals surface area contributed by atoms with Crippen LogP contribution >= 0.6 is 0 Å². The van der Waals surface area contributed by atoms with Crippen molar-refractivity contribution in [3.8, 4) is 0 Å². The number of rotatable bonds is 1. The Morgan fingerprint density at radius 2 is 1.73 bits per heavy atom. The molecule has 0 radical (unpaired) electrons. The molecule has 0 N–H and O–H groups in total. The largest absolute Gasteiger partial charge is 0.394 e. The molecule has 0 saturated carbocycles. The second-order valence-electron chi connectivity index (χ2n) is 3.29. The number of halogens is 3. The summed E-state index contributed by atoms with van der Waals surface area (Å²) in [6, 6.07) is 0.244. The van der Waals surface area contributed by atoms with Gasteiger partial charge in [0.1, 0.15) is 0 Å². The van der Waals surface area contributed by atoms with Gasteiger partial charge in [0.15, 0.2) is 0 Å². The minimum Gasteiger partial charge on any atom is -0.300 e. The van der Waals surface area contributed by atoms with Gasteiger partial charge in [-0.1, -0.05) is 0 Å². The number of likely N-dealkylation sites (tertiary alicyclic amines) is 1. The summed E-state index contributed by atoms with van der Waals surface area (Å²) in [5.41, 5.74) is 0. The molecule has 1 fully saturated rings.